The van der Waals surface area contributed by atoms with Crippen molar-refractivity contribution in [1.82, 2.24) is 9.97 Å². The number of thioether (sulfide) groups is 1. The quantitative estimate of drug-likeness (QED) is 0.644. The Morgan fingerprint density at radius 3 is 2.53 bits per heavy atom. The zero-order valence-corrected chi connectivity index (χ0v) is 13.1. The van der Waals surface area contributed by atoms with E-state index in [2.05, 4.69) is 33.8 Å². The molecular formula is C14H26N4S. The number of hydrogen-bond acceptors (Lipinski definition) is 5. The van der Waals surface area contributed by atoms with Crippen molar-refractivity contribution in [3.8, 4) is 0 Å². The lowest BCUT2D eigenvalue weighted by molar-refractivity contribution is 0.688. The molecule has 0 aliphatic heterocycles. The van der Waals surface area contributed by atoms with E-state index < -0.39 is 0 Å². The molecule has 0 saturated heterocycles. The van der Waals surface area contributed by atoms with Crippen molar-refractivity contribution in [2.45, 2.75) is 39.0 Å². The second kappa shape index (κ2) is 9.89. The summed E-state index contributed by atoms with van der Waals surface area (Å²) in [4.78, 5) is 8.58. The van der Waals surface area contributed by atoms with Crippen LogP contribution in [0.15, 0.2) is 6.33 Å². The first-order valence-electron chi connectivity index (χ1n) is 7.07. The molecule has 19 heavy (non-hydrogen) atoms. The molecule has 1 aromatic heterocycles. The van der Waals surface area contributed by atoms with E-state index in [0.717, 1.165) is 24.6 Å². The third kappa shape index (κ3) is 5.68. The van der Waals surface area contributed by atoms with E-state index in [9.17, 15) is 0 Å². The molecule has 5 heteroatoms. The summed E-state index contributed by atoms with van der Waals surface area (Å²) >= 11 is 1.93. The Balaban J connectivity index is 2.33. The molecule has 4 nitrogen and oxygen atoms in total. The van der Waals surface area contributed by atoms with Gasteiger partial charge in [-0.3, -0.25) is 0 Å². The van der Waals surface area contributed by atoms with Crippen molar-refractivity contribution in [2.75, 3.05) is 36.2 Å². The Bertz CT molecular complexity index is 357. The molecule has 108 valence electrons. The summed E-state index contributed by atoms with van der Waals surface area (Å²) < 4.78 is 0. The lowest BCUT2D eigenvalue weighted by atomic mass is 10.2. The van der Waals surface area contributed by atoms with Gasteiger partial charge in [0.15, 0.2) is 0 Å². The third-order valence-electron chi connectivity index (χ3n) is 3.10. The molecule has 1 aromatic rings. The minimum Gasteiger partial charge on any atom is -0.373 e. The standard InChI is InChI=1S/C14H26N4S/c1-4-12-13(15-2)17-11-18-14(12)16-9-7-5-6-8-10-19-3/h11H,4-10H2,1-3H3,(H2,15,16,17,18). The molecule has 0 spiro atoms. The zero-order chi connectivity index (χ0) is 13.9. The van der Waals surface area contributed by atoms with Crippen LogP contribution in [0.4, 0.5) is 11.6 Å². The first-order valence-corrected chi connectivity index (χ1v) is 8.47. The van der Waals surface area contributed by atoms with Crippen molar-refractivity contribution in [2.24, 2.45) is 0 Å². The fraction of sp³-hybridized carbons (Fsp3) is 0.714. The number of hydrogen-bond donors (Lipinski definition) is 2. The second-order valence-corrected chi connectivity index (χ2v) is 5.47. The van der Waals surface area contributed by atoms with Gasteiger partial charge in [0, 0.05) is 19.2 Å². The number of nitrogens with one attached hydrogen (secondary N) is 2. The molecule has 0 amide bonds. The monoisotopic (exact) mass is 282 g/mol. The van der Waals surface area contributed by atoms with E-state index in [1.807, 2.05) is 18.8 Å². The highest BCUT2D eigenvalue weighted by Gasteiger charge is 2.07. The summed E-state index contributed by atoms with van der Waals surface area (Å²) in [5.41, 5.74) is 1.17. The van der Waals surface area contributed by atoms with Crippen LogP contribution >= 0.6 is 11.8 Å². The lowest BCUT2D eigenvalue weighted by Gasteiger charge is -2.12. The molecule has 0 bridgehead atoms. The largest absolute Gasteiger partial charge is 0.373 e. The van der Waals surface area contributed by atoms with Crippen LogP contribution < -0.4 is 10.6 Å². The normalized spacial score (nSPS) is 10.5. The van der Waals surface area contributed by atoms with Crippen LogP contribution in [0.3, 0.4) is 0 Å². The number of unbranched alkanes of at least 4 members (excludes halogenated alkanes) is 3. The van der Waals surface area contributed by atoms with E-state index in [0.29, 0.717) is 0 Å². The molecule has 0 saturated carbocycles. The predicted octanol–water partition coefficient (Wildman–Crippen LogP) is 3.42. The van der Waals surface area contributed by atoms with Crippen LogP contribution in [-0.4, -0.2) is 35.6 Å². The summed E-state index contributed by atoms with van der Waals surface area (Å²) in [6.07, 6.45) is 9.88. The van der Waals surface area contributed by atoms with Crippen molar-refractivity contribution >= 4 is 23.4 Å². The van der Waals surface area contributed by atoms with E-state index >= 15 is 0 Å². The van der Waals surface area contributed by atoms with Crippen molar-refractivity contribution < 1.29 is 0 Å². The molecule has 0 aliphatic carbocycles. The topological polar surface area (TPSA) is 49.8 Å². The summed E-state index contributed by atoms with van der Waals surface area (Å²) in [5, 5.41) is 6.55. The Labute approximate surface area is 121 Å². The van der Waals surface area contributed by atoms with Gasteiger partial charge < -0.3 is 10.6 Å². The van der Waals surface area contributed by atoms with Gasteiger partial charge in [-0.2, -0.15) is 11.8 Å². The summed E-state index contributed by atoms with van der Waals surface area (Å²) in [6, 6.07) is 0. The molecule has 0 radical (unpaired) electrons. The predicted molar refractivity (Wildman–Crippen MR) is 86.3 cm³/mol. The van der Waals surface area contributed by atoms with Crippen LogP contribution in [-0.2, 0) is 6.42 Å². The first-order chi connectivity index (χ1) is 9.33. The fourth-order valence-corrected chi connectivity index (χ4v) is 2.54. The molecule has 0 unspecified atom stereocenters. The summed E-state index contributed by atoms with van der Waals surface area (Å²) in [7, 11) is 1.90. The highest BCUT2D eigenvalue weighted by atomic mass is 32.2. The van der Waals surface area contributed by atoms with Crippen molar-refractivity contribution in [1.29, 1.82) is 0 Å². The Morgan fingerprint density at radius 1 is 1.11 bits per heavy atom. The molecule has 0 aromatic carbocycles. The molecule has 2 N–H and O–H groups in total. The lowest BCUT2D eigenvalue weighted by Crippen LogP contribution is -2.09. The minimum absolute atomic E-state index is 0.931. The van der Waals surface area contributed by atoms with E-state index in [-0.39, 0.29) is 0 Å². The zero-order valence-electron chi connectivity index (χ0n) is 12.3. The average molecular weight is 282 g/mol. The second-order valence-electron chi connectivity index (χ2n) is 4.49. The number of rotatable bonds is 10. The van der Waals surface area contributed by atoms with Crippen LogP contribution in [0.25, 0.3) is 0 Å². The van der Waals surface area contributed by atoms with Gasteiger partial charge in [0.25, 0.3) is 0 Å². The van der Waals surface area contributed by atoms with Crippen molar-refractivity contribution in [3.05, 3.63) is 11.9 Å². The van der Waals surface area contributed by atoms with Gasteiger partial charge in [0.1, 0.15) is 18.0 Å². The van der Waals surface area contributed by atoms with Crippen molar-refractivity contribution in [3.63, 3.8) is 0 Å². The molecule has 0 atom stereocenters. The molecule has 0 aliphatic rings. The maximum atomic E-state index is 4.34. The Kier molecular flexibility index (Phi) is 8.38. The van der Waals surface area contributed by atoms with E-state index in [1.54, 1.807) is 6.33 Å². The number of anilines is 2. The van der Waals surface area contributed by atoms with Crippen LogP contribution in [0.2, 0.25) is 0 Å². The Hall–Kier alpha value is -0.970. The first kappa shape index (κ1) is 16.1. The highest BCUT2D eigenvalue weighted by molar-refractivity contribution is 7.98. The van der Waals surface area contributed by atoms with Gasteiger partial charge >= 0.3 is 0 Å². The highest BCUT2D eigenvalue weighted by Crippen LogP contribution is 2.19. The van der Waals surface area contributed by atoms with Gasteiger partial charge in [0.05, 0.1) is 0 Å². The van der Waals surface area contributed by atoms with Gasteiger partial charge in [-0.1, -0.05) is 19.8 Å². The van der Waals surface area contributed by atoms with E-state index in [4.69, 9.17) is 0 Å². The SMILES string of the molecule is CCc1c(NC)ncnc1NCCCCCCSC. The number of aromatic nitrogens is 2. The molecule has 0 fully saturated rings. The van der Waals surface area contributed by atoms with E-state index in [1.165, 1.54) is 37.0 Å². The summed E-state index contributed by atoms with van der Waals surface area (Å²) in [5.74, 6) is 3.19. The minimum atomic E-state index is 0.931. The van der Waals surface area contributed by atoms with Gasteiger partial charge in [-0.25, -0.2) is 9.97 Å². The van der Waals surface area contributed by atoms with Gasteiger partial charge in [-0.15, -0.1) is 0 Å². The molecular weight excluding hydrogens is 256 g/mol. The van der Waals surface area contributed by atoms with Gasteiger partial charge in [0.2, 0.25) is 0 Å². The maximum Gasteiger partial charge on any atom is 0.134 e. The molecule has 1 rings (SSSR count). The van der Waals surface area contributed by atoms with Crippen LogP contribution in [0.1, 0.15) is 38.2 Å². The smallest absolute Gasteiger partial charge is 0.134 e. The fourth-order valence-electron chi connectivity index (χ4n) is 2.05. The third-order valence-corrected chi connectivity index (χ3v) is 3.80. The summed E-state index contributed by atoms with van der Waals surface area (Å²) in [6.45, 7) is 3.12. The average Bonchev–Trinajstić information content (AvgIpc) is 2.45. The Morgan fingerprint density at radius 2 is 1.84 bits per heavy atom. The maximum absolute atomic E-state index is 4.34. The van der Waals surface area contributed by atoms with Gasteiger partial charge in [-0.05, 0) is 31.3 Å². The number of nitrogens with zero attached hydrogens (tertiary/aromatic N) is 2. The van der Waals surface area contributed by atoms with Crippen LogP contribution in [0, 0.1) is 0 Å². The molecule has 1 heterocycles. The van der Waals surface area contributed by atoms with Crippen LogP contribution in [0.5, 0.6) is 0 Å².